The highest BCUT2D eigenvalue weighted by atomic mass is 32.2. The van der Waals surface area contributed by atoms with E-state index in [1.807, 2.05) is 18.2 Å². The van der Waals surface area contributed by atoms with E-state index in [2.05, 4.69) is 10.3 Å². The first-order valence-corrected chi connectivity index (χ1v) is 6.93. The molecule has 0 aliphatic heterocycles. The summed E-state index contributed by atoms with van der Waals surface area (Å²) in [4.78, 5) is 4.53. The van der Waals surface area contributed by atoms with Gasteiger partial charge < -0.3 is 5.32 Å². The third-order valence-corrected chi connectivity index (χ3v) is 3.49. The van der Waals surface area contributed by atoms with E-state index in [-0.39, 0.29) is 5.82 Å². The van der Waals surface area contributed by atoms with Gasteiger partial charge in [0, 0.05) is 29.9 Å². The lowest BCUT2D eigenvalue weighted by Crippen LogP contribution is -2.17. The quantitative estimate of drug-likeness (QED) is 0.649. The molecule has 19 heavy (non-hydrogen) atoms. The molecule has 5 heteroatoms. The lowest BCUT2D eigenvalue weighted by atomic mass is 10.3. The molecule has 1 aromatic heterocycles. The Hall–Kier alpha value is -1.46. The fourth-order valence-electron chi connectivity index (χ4n) is 1.54. The molecule has 1 heterocycles. The van der Waals surface area contributed by atoms with Crippen LogP contribution < -0.4 is 5.32 Å². The molecule has 0 saturated heterocycles. The van der Waals surface area contributed by atoms with Crippen molar-refractivity contribution in [3.05, 3.63) is 59.9 Å². The summed E-state index contributed by atoms with van der Waals surface area (Å²) in [5.41, 5.74) is 0.962. The number of thioether (sulfide) groups is 1. The van der Waals surface area contributed by atoms with Crippen LogP contribution in [0.15, 0.2) is 47.5 Å². The molecule has 0 atom stereocenters. The van der Waals surface area contributed by atoms with Gasteiger partial charge in [0.15, 0.2) is 0 Å². The van der Waals surface area contributed by atoms with Gasteiger partial charge in [0.25, 0.3) is 0 Å². The Balaban J connectivity index is 1.71. The summed E-state index contributed by atoms with van der Waals surface area (Å²) in [6.07, 6.45) is 1.74. The maximum atomic E-state index is 13.3. The molecule has 0 fully saturated rings. The predicted molar refractivity (Wildman–Crippen MR) is 73.0 cm³/mol. The molecule has 2 aromatic rings. The zero-order valence-corrected chi connectivity index (χ0v) is 11.1. The number of pyridine rings is 1. The maximum absolute atomic E-state index is 13.3. The molecule has 0 aliphatic carbocycles. The van der Waals surface area contributed by atoms with Crippen molar-refractivity contribution in [3.8, 4) is 0 Å². The Bertz CT molecular complexity index is 520. The highest BCUT2D eigenvalue weighted by molar-refractivity contribution is 7.99. The van der Waals surface area contributed by atoms with Gasteiger partial charge >= 0.3 is 0 Å². The number of hydrogen-bond donors (Lipinski definition) is 1. The van der Waals surface area contributed by atoms with Gasteiger partial charge in [-0.3, -0.25) is 4.98 Å². The summed E-state index contributed by atoms with van der Waals surface area (Å²) in [5, 5.41) is 3.21. The third kappa shape index (κ3) is 4.61. The topological polar surface area (TPSA) is 24.9 Å². The van der Waals surface area contributed by atoms with Gasteiger partial charge in [-0.1, -0.05) is 6.07 Å². The van der Waals surface area contributed by atoms with Crippen LogP contribution in [0.5, 0.6) is 0 Å². The zero-order chi connectivity index (χ0) is 13.5. The van der Waals surface area contributed by atoms with Gasteiger partial charge in [-0.25, -0.2) is 8.78 Å². The van der Waals surface area contributed by atoms with E-state index in [4.69, 9.17) is 0 Å². The third-order valence-electron chi connectivity index (χ3n) is 2.46. The van der Waals surface area contributed by atoms with Crippen LogP contribution in [0.25, 0.3) is 0 Å². The smallest absolute Gasteiger partial charge is 0.136 e. The second-order valence-electron chi connectivity index (χ2n) is 3.92. The normalized spacial score (nSPS) is 10.6. The van der Waals surface area contributed by atoms with Crippen LogP contribution in [0, 0.1) is 11.6 Å². The van der Waals surface area contributed by atoms with Crippen LogP contribution >= 0.6 is 11.8 Å². The van der Waals surface area contributed by atoms with Crippen LogP contribution in [0.1, 0.15) is 5.69 Å². The fourth-order valence-corrected chi connectivity index (χ4v) is 2.41. The first-order chi connectivity index (χ1) is 9.25. The zero-order valence-electron chi connectivity index (χ0n) is 10.3. The molecule has 100 valence electrons. The summed E-state index contributed by atoms with van der Waals surface area (Å²) in [6, 6.07) is 9.23. The summed E-state index contributed by atoms with van der Waals surface area (Å²) in [7, 11) is 0. The van der Waals surface area contributed by atoms with Gasteiger partial charge in [-0.15, -0.1) is 11.8 Å². The minimum Gasteiger partial charge on any atom is -0.310 e. The Morgan fingerprint density at radius 2 is 2.05 bits per heavy atom. The molecule has 2 rings (SSSR count). The number of rotatable bonds is 6. The van der Waals surface area contributed by atoms with Crippen LogP contribution in [0.2, 0.25) is 0 Å². The molecule has 1 aromatic carbocycles. The standard InChI is InChI=1S/C14H14F2N2S/c15-11-4-5-13(16)14(9-11)19-8-7-17-10-12-3-1-2-6-18-12/h1-6,9,17H,7-8,10H2. The molecule has 1 N–H and O–H groups in total. The van der Waals surface area contributed by atoms with Gasteiger partial charge in [-0.2, -0.15) is 0 Å². The van der Waals surface area contributed by atoms with Gasteiger partial charge in [0.1, 0.15) is 11.6 Å². The Morgan fingerprint density at radius 3 is 2.84 bits per heavy atom. The maximum Gasteiger partial charge on any atom is 0.136 e. The molecule has 0 bridgehead atoms. The summed E-state index contributed by atoms with van der Waals surface area (Å²) < 4.78 is 26.3. The lowest BCUT2D eigenvalue weighted by Gasteiger charge is -2.05. The summed E-state index contributed by atoms with van der Waals surface area (Å²) in [5.74, 6) is -0.116. The van der Waals surface area contributed by atoms with Crippen molar-refractivity contribution in [1.29, 1.82) is 0 Å². The number of hydrogen-bond acceptors (Lipinski definition) is 3. The van der Waals surface area contributed by atoms with Gasteiger partial charge in [-0.05, 0) is 30.3 Å². The van der Waals surface area contributed by atoms with Crippen LogP contribution in [-0.2, 0) is 6.54 Å². The van der Waals surface area contributed by atoms with E-state index in [1.54, 1.807) is 6.20 Å². The van der Waals surface area contributed by atoms with Crippen molar-refractivity contribution >= 4 is 11.8 Å². The summed E-state index contributed by atoms with van der Waals surface area (Å²) in [6.45, 7) is 1.38. The number of nitrogens with one attached hydrogen (secondary N) is 1. The average Bonchev–Trinajstić information content (AvgIpc) is 2.43. The van der Waals surface area contributed by atoms with Crippen LogP contribution in [0.4, 0.5) is 8.78 Å². The highest BCUT2D eigenvalue weighted by Crippen LogP contribution is 2.21. The fraction of sp³-hybridized carbons (Fsp3) is 0.214. The second-order valence-corrected chi connectivity index (χ2v) is 5.06. The molecule has 0 aliphatic rings. The minimum atomic E-state index is -0.412. The molecule has 0 saturated carbocycles. The van der Waals surface area contributed by atoms with E-state index in [0.717, 1.165) is 17.8 Å². The van der Waals surface area contributed by atoms with Crippen LogP contribution in [-0.4, -0.2) is 17.3 Å². The van der Waals surface area contributed by atoms with E-state index >= 15 is 0 Å². The van der Waals surface area contributed by atoms with Crippen molar-refractivity contribution in [3.63, 3.8) is 0 Å². The van der Waals surface area contributed by atoms with Crippen molar-refractivity contribution < 1.29 is 8.78 Å². The minimum absolute atomic E-state index is 0.347. The largest absolute Gasteiger partial charge is 0.310 e. The number of aromatic nitrogens is 1. The van der Waals surface area contributed by atoms with Crippen molar-refractivity contribution in [2.45, 2.75) is 11.4 Å². The summed E-state index contributed by atoms with van der Waals surface area (Å²) >= 11 is 1.30. The van der Waals surface area contributed by atoms with E-state index in [1.165, 1.54) is 17.8 Å². The van der Waals surface area contributed by atoms with Gasteiger partial charge in [0.2, 0.25) is 0 Å². The SMILES string of the molecule is Fc1ccc(F)c(SCCNCc2ccccn2)c1. The molecule has 0 amide bonds. The highest BCUT2D eigenvalue weighted by Gasteiger charge is 2.03. The Morgan fingerprint density at radius 1 is 1.16 bits per heavy atom. The lowest BCUT2D eigenvalue weighted by molar-refractivity contribution is 0.577. The number of benzene rings is 1. The van der Waals surface area contributed by atoms with Crippen LogP contribution in [0.3, 0.4) is 0 Å². The van der Waals surface area contributed by atoms with E-state index < -0.39 is 5.82 Å². The second kappa shape index (κ2) is 7.21. The Labute approximate surface area is 115 Å². The van der Waals surface area contributed by atoms with E-state index in [0.29, 0.717) is 23.7 Å². The number of halogens is 2. The Kier molecular flexibility index (Phi) is 5.30. The van der Waals surface area contributed by atoms with Crippen molar-refractivity contribution in [2.75, 3.05) is 12.3 Å². The monoisotopic (exact) mass is 280 g/mol. The first kappa shape index (κ1) is 14.0. The van der Waals surface area contributed by atoms with Gasteiger partial charge in [0.05, 0.1) is 5.69 Å². The molecule has 2 nitrogen and oxygen atoms in total. The van der Waals surface area contributed by atoms with E-state index in [9.17, 15) is 8.78 Å². The molecule has 0 spiro atoms. The van der Waals surface area contributed by atoms with Crippen molar-refractivity contribution in [2.24, 2.45) is 0 Å². The molecular weight excluding hydrogens is 266 g/mol. The molecular formula is C14H14F2N2S. The van der Waals surface area contributed by atoms with Crippen molar-refractivity contribution in [1.82, 2.24) is 10.3 Å². The predicted octanol–water partition coefficient (Wildman–Crippen LogP) is 3.24. The first-order valence-electron chi connectivity index (χ1n) is 5.94. The molecule has 0 radical (unpaired) electrons. The number of nitrogens with zero attached hydrogens (tertiary/aromatic N) is 1. The molecule has 0 unspecified atom stereocenters. The average molecular weight is 280 g/mol.